The zero-order valence-corrected chi connectivity index (χ0v) is 19.2. The first-order valence-electron chi connectivity index (χ1n) is 10.3. The van der Waals surface area contributed by atoms with Crippen molar-refractivity contribution in [2.75, 3.05) is 7.11 Å². The Kier molecular flexibility index (Phi) is 6.46. The molecule has 0 saturated heterocycles. The van der Waals surface area contributed by atoms with Gasteiger partial charge in [-0.25, -0.2) is 14.1 Å². The van der Waals surface area contributed by atoms with Crippen molar-refractivity contribution in [3.05, 3.63) is 100 Å². The minimum atomic E-state index is -0.515. The number of aromatic nitrogens is 4. The predicted molar refractivity (Wildman–Crippen MR) is 123 cm³/mol. The van der Waals surface area contributed by atoms with Crippen molar-refractivity contribution in [1.29, 1.82) is 0 Å². The molecule has 2 aromatic heterocycles. The smallest absolute Gasteiger partial charge is 0.257 e. The minimum Gasteiger partial charge on any atom is -0.497 e. The highest BCUT2D eigenvalue weighted by Crippen LogP contribution is 2.26. The van der Waals surface area contributed by atoms with E-state index in [-0.39, 0.29) is 22.4 Å². The van der Waals surface area contributed by atoms with Crippen molar-refractivity contribution in [3.8, 4) is 5.75 Å². The Morgan fingerprint density at radius 3 is 2.48 bits per heavy atom. The molecule has 2 heterocycles. The van der Waals surface area contributed by atoms with Crippen LogP contribution in [0.2, 0.25) is 5.15 Å². The molecule has 0 spiro atoms. The molecule has 2 aromatic carbocycles. The van der Waals surface area contributed by atoms with Crippen molar-refractivity contribution in [2.45, 2.75) is 19.5 Å². The first kappa shape index (κ1) is 22.5. The van der Waals surface area contributed by atoms with Crippen LogP contribution in [0.4, 0.5) is 4.39 Å². The Labute approximate surface area is 195 Å². The van der Waals surface area contributed by atoms with Crippen LogP contribution in [-0.2, 0) is 13.6 Å². The molecule has 4 aromatic rings. The fraction of sp³-hybridized carbons (Fsp3) is 0.208. The normalized spacial score (nSPS) is 11.9. The third-order valence-corrected chi connectivity index (χ3v) is 5.76. The number of methoxy groups -OCH3 is 1. The van der Waals surface area contributed by atoms with Crippen LogP contribution in [0.1, 0.15) is 39.0 Å². The maximum atomic E-state index is 13.3. The van der Waals surface area contributed by atoms with E-state index in [0.29, 0.717) is 23.8 Å². The Morgan fingerprint density at radius 1 is 1.18 bits per heavy atom. The number of nitrogens with zero attached hydrogens (tertiary/aromatic N) is 4. The van der Waals surface area contributed by atoms with Crippen molar-refractivity contribution >= 4 is 17.5 Å². The molecule has 0 bridgehead atoms. The summed E-state index contributed by atoms with van der Waals surface area (Å²) in [5.74, 6) is 0.692. The number of carbonyl (C=O) groups is 1. The summed E-state index contributed by atoms with van der Waals surface area (Å²) in [4.78, 5) is 17.8. The number of nitrogens with one attached hydrogen (secondary N) is 1. The van der Waals surface area contributed by atoms with Crippen LogP contribution in [0.15, 0.2) is 60.9 Å². The summed E-state index contributed by atoms with van der Waals surface area (Å²) in [6.45, 7) is 2.04. The molecular formula is C24H23ClFN5O2. The Hall–Kier alpha value is -3.65. The Bertz CT molecular complexity index is 1270. The Morgan fingerprint density at radius 2 is 1.88 bits per heavy atom. The van der Waals surface area contributed by atoms with Crippen LogP contribution in [0, 0.1) is 12.7 Å². The average molecular weight is 468 g/mol. The number of rotatable bonds is 7. The molecule has 1 atom stereocenters. The number of benzene rings is 2. The second-order valence-electron chi connectivity index (χ2n) is 7.61. The molecule has 4 rings (SSSR count). The molecule has 1 unspecified atom stereocenters. The van der Waals surface area contributed by atoms with Crippen LogP contribution < -0.4 is 10.1 Å². The van der Waals surface area contributed by atoms with E-state index in [9.17, 15) is 9.18 Å². The molecule has 0 saturated carbocycles. The minimum absolute atomic E-state index is 0.211. The second kappa shape index (κ2) is 9.46. The van der Waals surface area contributed by atoms with E-state index in [2.05, 4.69) is 15.4 Å². The van der Waals surface area contributed by atoms with Gasteiger partial charge in [0.25, 0.3) is 5.91 Å². The summed E-state index contributed by atoms with van der Waals surface area (Å²) in [5.41, 5.74) is 2.43. The van der Waals surface area contributed by atoms with Gasteiger partial charge in [-0.2, -0.15) is 5.10 Å². The largest absolute Gasteiger partial charge is 0.497 e. The number of imidazole rings is 1. The zero-order chi connectivity index (χ0) is 23.5. The number of carbonyl (C=O) groups excluding carboxylic acids is 1. The van der Waals surface area contributed by atoms with Gasteiger partial charge in [-0.3, -0.25) is 4.79 Å². The van der Waals surface area contributed by atoms with Gasteiger partial charge in [0.1, 0.15) is 28.6 Å². The van der Waals surface area contributed by atoms with Gasteiger partial charge >= 0.3 is 0 Å². The zero-order valence-electron chi connectivity index (χ0n) is 18.4. The number of amides is 1. The predicted octanol–water partition coefficient (Wildman–Crippen LogP) is 4.29. The third kappa shape index (κ3) is 4.75. The lowest BCUT2D eigenvalue weighted by atomic mass is 10.1. The molecule has 0 radical (unpaired) electrons. The van der Waals surface area contributed by atoms with Crippen molar-refractivity contribution in [2.24, 2.45) is 7.05 Å². The molecule has 1 N–H and O–H groups in total. The molecule has 0 aliphatic heterocycles. The van der Waals surface area contributed by atoms with Crippen molar-refractivity contribution in [3.63, 3.8) is 0 Å². The summed E-state index contributed by atoms with van der Waals surface area (Å²) >= 11 is 6.56. The number of ether oxygens (including phenoxy) is 1. The molecule has 170 valence electrons. The van der Waals surface area contributed by atoms with Gasteiger partial charge in [-0.1, -0.05) is 35.9 Å². The lowest BCUT2D eigenvalue weighted by Gasteiger charge is -2.19. The highest BCUT2D eigenvalue weighted by molar-refractivity contribution is 6.33. The summed E-state index contributed by atoms with van der Waals surface area (Å²) in [5, 5.41) is 7.68. The van der Waals surface area contributed by atoms with E-state index in [0.717, 1.165) is 11.1 Å². The second-order valence-corrected chi connectivity index (χ2v) is 7.97. The molecule has 0 fully saturated rings. The van der Waals surface area contributed by atoms with E-state index in [1.54, 1.807) is 32.4 Å². The van der Waals surface area contributed by atoms with E-state index in [1.807, 2.05) is 42.1 Å². The maximum Gasteiger partial charge on any atom is 0.257 e. The molecule has 0 aliphatic rings. The fourth-order valence-electron chi connectivity index (χ4n) is 3.63. The van der Waals surface area contributed by atoms with Crippen LogP contribution in [0.3, 0.4) is 0 Å². The first-order chi connectivity index (χ1) is 15.9. The average Bonchev–Trinajstić information content (AvgIpc) is 3.35. The van der Waals surface area contributed by atoms with E-state index in [4.69, 9.17) is 16.3 Å². The van der Waals surface area contributed by atoms with Gasteiger partial charge in [0.05, 0.1) is 24.9 Å². The SMILES string of the molecule is COc1ccc(C(NC(=O)c2c(C)nn(Cc3ccc(F)cc3)c2Cl)c2nccn2C)cc1. The summed E-state index contributed by atoms with van der Waals surface area (Å²) in [7, 11) is 3.46. The lowest BCUT2D eigenvalue weighted by molar-refractivity contribution is 0.0940. The van der Waals surface area contributed by atoms with Crippen molar-refractivity contribution in [1.82, 2.24) is 24.6 Å². The topological polar surface area (TPSA) is 74.0 Å². The van der Waals surface area contributed by atoms with Crippen LogP contribution in [-0.4, -0.2) is 32.3 Å². The monoisotopic (exact) mass is 467 g/mol. The van der Waals surface area contributed by atoms with Crippen LogP contribution in [0.5, 0.6) is 5.75 Å². The van der Waals surface area contributed by atoms with Gasteiger partial charge < -0.3 is 14.6 Å². The fourth-order valence-corrected chi connectivity index (χ4v) is 3.95. The van der Waals surface area contributed by atoms with Gasteiger partial charge in [0.15, 0.2) is 0 Å². The summed E-state index contributed by atoms with van der Waals surface area (Å²) in [6.07, 6.45) is 3.49. The first-order valence-corrected chi connectivity index (χ1v) is 10.6. The highest BCUT2D eigenvalue weighted by atomic mass is 35.5. The highest BCUT2D eigenvalue weighted by Gasteiger charge is 2.26. The van der Waals surface area contributed by atoms with E-state index < -0.39 is 6.04 Å². The maximum absolute atomic E-state index is 13.3. The number of aryl methyl sites for hydroxylation is 2. The number of hydrogen-bond acceptors (Lipinski definition) is 4. The van der Waals surface area contributed by atoms with E-state index >= 15 is 0 Å². The van der Waals surface area contributed by atoms with Gasteiger partial charge in [0.2, 0.25) is 0 Å². The van der Waals surface area contributed by atoms with Gasteiger partial charge in [-0.05, 0) is 42.3 Å². The van der Waals surface area contributed by atoms with Gasteiger partial charge in [-0.15, -0.1) is 0 Å². The number of halogens is 2. The molecule has 1 amide bonds. The van der Waals surface area contributed by atoms with E-state index in [1.165, 1.54) is 16.8 Å². The molecule has 33 heavy (non-hydrogen) atoms. The standard InChI is InChI=1S/C24H23ClFN5O2/c1-15-20(22(25)31(29-15)14-16-4-8-18(26)9-5-16)24(32)28-21(23-27-12-13-30(23)2)17-6-10-19(33-3)11-7-17/h4-13,21H,14H2,1-3H3,(H,28,32). The molecule has 0 aliphatic carbocycles. The quantitative estimate of drug-likeness (QED) is 0.440. The third-order valence-electron chi connectivity index (χ3n) is 5.38. The molecule has 7 nitrogen and oxygen atoms in total. The molecule has 9 heteroatoms. The van der Waals surface area contributed by atoms with Crippen LogP contribution in [0.25, 0.3) is 0 Å². The molecular weight excluding hydrogens is 445 g/mol. The lowest BCUT2D eigenvalue weighted by Crippen LogP contribution is -2.31. The summed E-state index contributed by atoms with van der Waals surface area (Å²) < 4.78 is 21.8. The van der Waals surface area contributed by atoms with Gasteiger partial charge in [0, 0.05) is 19.4 Å². The number of hydrogen-bond donors (Lipinski definition) is 1. The Balaban J connectivity index is 1.63. The van der Waals surface area contributed by atoms with Crippen molar-refractivity contribution < 1.29 is 13.9 Å². The summed E-state index contributed by atoms with van der Waals surface area (Å²) in [6, 6.07) is 13.0. The van der Waals surface area contributed by atoms with Crippen LogP contribution >= 0.6 is 11.6 Å².